The van der Waals surface area contributed by atoms with E-state index < -0.39 is 0 Å². The summed E-state index contributed by atoms with van der Waals surface area (Å²) >= 11 is 0. The molecule has 0 fully saturated rings. The average molecular weight is 805 g/mol. The molecule has 0 spiro atoms. The Bertz CT molecular complexity index is 3580. The van der Waals surface area contributed by atoms with Gasteiger partial charge >= 0.3 is 0 Å². The maximum Gasteiger partial charge on any atom is 0.136 e. The van der Waals surface area contributed by atoms with Gasteiger partial charge in [-0.15, -0.1) is 0 Å². The number of benzene rings is 10. The van der Waals surface area contributed by atoms with Crippen LogP contribution in [0.3, 0.4) is 0 Å². The van der Waals surface area contributed by atoms with E-state index in [-0.39, 0.29) is 0 Å². The van der Waals surface area contributed by atoms with E-state index in [1.807, 2.05) is 6.07 Å². The van der Waals surface area contributed by atoms with Gasteiger partial charge in [-0.3, -0.25) is 0 Å². The predicted molar refractivity (Wildman–Crippen MR) is 264 cm³/mol. The fourth-order valence-electron chi connectivity index (χ4n) is 9.62. The third kappa shape index (κ3) is 6.21. The van der Waals surface area contributed by atoms with Gasteiger partial charge in [0.05, 0.1) is 22.4 Å². The van der Waals surface area contributed by atoms with Crippen LogP contribution in [0, 0.1) is 0 Å². The lowest BCUT2D eigenvalue weighted by molar-refractivity contribution is 0.669. The molecule has 0 amide bonds. The van der Waals surface area contributed by atoms with Gasteiger partial charge in [0.15, 0.2) is 0 Å². The topological polar surface area (TPSA) is 21.3 Å². The van der Waals surface area contributed by atoms with E-state index in [4.69, 9.17) is 4.42 Å². The summed E-state index contributed by atoms with van der Waals surface area (Å²) in [6.45, 7) is 0. The van der Waals surface area contributed by atoms with Crippen molar-refractivity contribution >= 4 is 60.8 Å². The van der Waals surface area contributed by atoms with Crippen molar-refractivity contribution in [2.45, 2.75) is 0 Å². The highest BCUT2D eigenvalue weighted by Gasteiger charge is 2.23. The van der Waals surface area contributed by atoms with Crippen molar-refractivity contribution in [3.05, 3.63) is 243 Å². The lowest BCUT2D eigenvalue weighted by Crippen LogP contribution is -2.12. The molecule has 0 saturated carbocycles. The maximum atomic E-state index is 6.43. The monoisotopic (exact) mass is 804 g/mol. The molecular formula is C60H40N2O. The summed E-state index contributed by atoms with van der Waals surface area (Å²) in [4.78, 5) is 2.44. The number of rotatable bonds is 8. The van der Waals surface area contributed by atoms with Crippen molar-refractivity contribution in [3.8, 4) is 50.2 Å². The first-order valence-corrected chi connectivity index (χ1v) is 21.5. The van der Waals surface area contributed by atoms with Crippen LogP contribution in [0.25, 0.3) is 93.9 Å². The molecule has 10 aromatic carbocycles. The zero-order valence-corrected chi connectivity index (χ0v) is 34.4. The molecule has 0 aliphatic heterocycles. The number of aromatic nitrogens is 1. The highest BCUT2D eigenvalue weighted by atomic mass is 16.3. The van der Waals surface area contributed by atoms with Gasteiger partial charge in [0.1, 0.15) is 11.2 Å². The molecule has 12 rings (SSSR count). The van der Waals surface area contributed by atoms with Crippen LogP contribution < -0.4 is 4.90 Å². The molecule has 2 aromatic heterocycles. The molecule has 0 bridgehead atoms. The molecule has 0 atom stereocenters. The number of hydrogen-bond acceptors (Lipinski definition) is 2. The van der Waals surface area contributed by atoms with E-state index in [9.17, 15) is 0 Å². The molecule has 0 radical (unpaired) electrons. The first-order chi connectivity index (χ1) is 31.3. The molecule has 3 heteroatoms. The smallest absolute Gasteiger partial charge is 0.136 e. The molecule has 63 heavy (non-hydrogen) atoms. The van der Waals surface area contributed by atoms with Crippen LogP contribution in [0.15, 0.2) is 247 Å². The number of anilines is 3. The first kappa shape index (κ1) is 36.5. The summed E-state index contributed by atoms with van der Waals surface area (Å²) in [5, 5.41) is 4.73. The van der Waals surface area contributed by atoms with Gasteiger partial charge in [-0.25, -0.2) is 0 Å². The minimum atomic E-state index is 0.875. The van der Waals surface area contributed by atoms with Crippen LogP contribution in [0.5, 0.6) is 0 Å². The third-order valence-corrected chi connectivity index (χ3v) is 12.4. The van der Waals surface area contributed by atoms with Crippen molar-refractivity contribution < 1.29 is 4.42 Å². The van der Waals surface area contributed by atoms with E-state index in [2.05, 4.69) is 246 Å². The zero-order chi connectivity index (χ0) is 41.7. The van der Waals surface area contributed by atoms with E-state index in [0.29, 0.717) is 0 Å². The number of furan rings is 1. The molecule has 2 heterocycles. The Hall–Kier alpha value is -8.40. The van der Waals surface area contributed by atoms with Gasteiger partial charge in [0.25, 0.3) is 0 Å². The van der Waals surface area contributed by atoms with Crippen molar-refractivity contribution in [1.82, 2.24) is 4.57 Å². The summed E-state index contributed by atoms with van der Waals surface area (Å²) in [6.07, 6.45) is 0. The van der Waals surface area contributed by atoms with E-state index in [0.717, 1.165) is 72.5 Å². The Morgan fingerprint density at radius 3 is 1.54 bits per heavy atom. The average Bonchev–Trinajstić information content (AvgIpc) is 3.91. The summed E-state index contributed by atoms with van der Waals surface area (Å²) in [7, 11) is 0. The van der Waals surface area contributed by atoms with Crippen LogP contribution in [0.4, 0.5) is 17.1 Å². The Kier molecular flexibility index (Phi) is 8.83. The second-order valence-corrected chi connectivity index (χ2v) is 16.0. The molecular weight excluding hydrogens is 765 g/mol. The lowest BCUT2D eigenvalue weighted by Gasteiger charge is -2.30. The van der Waals surface area contributed by atoms with Crippen LogP contribution in [-0.2, 0) is 0 Å². The highest BCUT2D eigenvalue weighted by Crippen LogP contribution is 2.48. The van der Waals surface area contributed by atoms with Gasteiger partial charge in [0.2, 0.25) is 0 Å². The fourth-order valence-corrected chi connectivity index (χ4v) is 9.62. The van der Waals surface area contributed by atoms with Gasteiger partial charge < -0.3 is 13.9 Å². The quantitative estimate of drug-likeness (QED) is 0.153. The Morgan fingerprint density at radius 1 is 0.317 bits per heavy atom. The molecule has 3 nitrogen and oxygen atoms in total. The Labute approximate surface area is 366 Å². The minimum Gasteiger partial charge on any atom is -0.456 e. The third-order valence-electron chi connectivity index (χ3n) is 12.4. The van der Waals surface area contributed by atoms with Crippen molar-refractivity contribution in [1.29, 1.82) is 0 Å². The van der Waals surface area contributed by atoms with Crippen LogP contribution in [-0.4, -0.2) is 4.57 Å². The van der Waals surface area contributed by atoms with E-state index in [1.165, 1.54) is 38.5 Å². The predicted octanol–water partition coefficient (Wildman–Crippen LogP) is 16.8. The fraction of sp³-hybridized carbons (Fsp3) is 0. The van der Waals surface area contributed by atoms with Gasteiger partial charge in [-0.2, -0.15) is 0 Å². The molecule has 0 unspecified atom stereocenters. The summed E-state index contributed by atoms with van der Waals surface area (Å²) < 4.78 is 8.81. The molecule has 0 aliphatic carbocycles. The standard InChI is InChI=1S/C60H40N2O/c1-2-18-42(19-3-1)46-22-4-5-23-47(46)48-24-6-11-30-54(48)61(57-33-14-9-27-51(57)52-29-17-35-59-60(52)53-28-10-15-34-58(53)63-59)44-38-36-41(37-39-44)43-20-16-21-45(40-43)62-55-31-12-7-25-49(55)50-26-8-13-32-56(50)62/h1-40H. The maximum absolute atomic E-state index is 6.43. The SMILES string of the molecule is c1ccc(-c2ccccc2-c2ccccc2N(c2ccc(-c3cccc(-n4c5ccccc5c5ccccc54)c3)cc2)c2ccccc2-c2cccc3oc4ccccc4c23)cc1. The minimum absolute atomic E-state index is 0.875. The van der Waals surface area contributed by atoms with E-state index in [1.54, 1.807) is 0 Å². The van der Waals surface area contributed by atoms with Crippen LogP contribution in [0.2, 0.25) is 0 Å². The first-order valence-electron chi connectivity index (χ1n) is 21.5. The zero-order valence-electron chi connectivity index (χ0n) is 34.4. The molecule has 12 aromatic rings. The lowest BCUT2D eigenvalue weighted by atomic mass is 9.92. The molecule has 0 N–H and O–H groups in total. The number of nitrogens with zero attached hydrogens (tertiary/aromatic N) is 2. The van der Waals surface area contributed by atoms with Gasteiger partial charge in [0, 0.05) is 44.0 Å². The van der Waals surface area contributed by atoms with Gasteiger partial charge in [-0.1, -0.05) is 182 Å². The number of hydrogen-bond donors (Lipinski definition) is 0. The second kappa shape index (κ2) is 15.3. The van der Waals surface area contributed by atoms with Crippen molar-refractivity contribution in [3.63, 3.8) is 0 Å². The van der Waals surface area contributed by atoms with Gasteiger partial charge in [-0.05, 0) is 94.0 Å². The Balaban J connectivity index is 1.04. The number of para-hydroxylation sites is 5. The van der Waals surface area contributed by atoms with E-state index >= 15 is 0 Å². The summed E-state index contributed by atoms with van der Waals surface area (Å²) in [6, 6.07) is 87.1. The van der Waals surface area contributed by atoms with Crippen LogP contribution >= 0.6 is 0 Å². The molecule has 0 aliphatic rings. The number of fused-ring (bicyclic) bond motifs is 6. The summed E-state index contributed by atoms with van der Waals surface area (Å²) in [5.74, 6) is 0. The Morgan fingerprint density at radius 2 is 0.825 bits per heavy atom. The van der Waals surface area contributed by atoms with Crippen molar-refractivity contribution in [2.75, 3.05) is 4.90 Å². The normalized spacial score (nSPS) is 11.5. The summed E-state index contributed by atoms with van der Waals surface area (Å²) in [5.41, 5.74) is 17.7. The molecule has 0 saturated heterocycles. The second-order valence-electron chi connectivity index (χ2n) is 16.0. The molecule has 296 valence electrons. The van der Waals surface area contributed by atoms with Crippen LogP contribution in [0.1, 0.15) is 0 Å². The van der Waals surface area contributed by atoms with Crippen molar-refractivity contribution in [2.24, 2.45) is 0 Å². The largest absolute Gasteiger partial charge is 0.456 e. The highest BCUT2D eigenvalue weighted by molar-refractivity contribution is 6.14.